The lowest BCUT2D eigenvalue weighted by molar-refractivity contribution is -0.161. The van der Waals surface area contributed by atoms with Gasteiger partial charge >= 0.3 is 11.9 Å². The van der Waals surface area contributed by atoms with Crippen molar-refractivity contribution in [1.29, 1.82) is 0 Å². The summed E-state index contributed by atoms with van der Waals surface area (Å²) in [6.07, 6.45) is 4.13. The first kappa shape index (κ1) is 35.6. The minimum Gasteiger partial charge on any atom is -0.493 e. The zero-order valence-electron chi connectivity index (χ0n) is 27.7. The summed E-state index contributed by atoms with van der Waals surface area (Å²) in [6, 6.07) is 17.2. The Bertz CT molecular complexity index is 1800. The Morgan fingerprint density at radius 2 is 1.66 bits per heavy atom. The molecular formula is C38H38Cl2FN3O6. The lowest BCUT2D eigenvalue weighted by Gasteiger charge is -2.44. The highest BCUT2D eigenvalue weighted by Crippen LogP contribution is 2.36. The smallest absolute Gasteiger partial charge is 0.338 e. The number of carbonyl (C=O) groups excluding carboxylic acids is 2. The summed E-state index contributed by atoms with van der Waals surface area (Å²) < 4.78 is 37.8. The van der Waals surface area contributed by atoms with E-state index >= 15 is 0 Å². The van der Waals surface area contributed by atoms with Crippen molar-refractivity contribution in [3.8, 4) is 11.5 Å². The molecule has 262 valence electrons. The first-order valence-electron chi connectivity index (χ1n) is 16.4. The van der Waals surface area contributed by atoms with Crippen LogP contribution in [0.25, 0.3) is 0 Å². The van der Waals surface area contributed by atoms with E-state index < -0.39 is 29.9 Å². The van der Waals surface area contributed by atoms with Crippen molar-refractivity contribution in [3.63, 3.8) is 0 Å². The van der Waals surface area contributed by atoms with Crippen molar-refractivity contribution in [1.82, 2.24) is 15.2 Å². The molecule has 4 heterocycles. The summed E-state index contributed by atoms with van der Waals surface area (Å²) in [4.78, 5) is 33.4. The van der Waals surface area contributed by atoms with Crippen LogP contribution in [0.2, 0.25) is 10.0 Å². The zero-order valence-corrected chi connectivity index (χ0v) is 29.3. The van der Waals surface area contributed by atoms with Crippen LogP contribution in [0.5, 0.6) is 11.5 Å². The molecule has 2 bridgehead atoms. The van der Waals surface area contributed by atoms with E-state index in [-0.39, 0.29) is 24.6 Å². The molecule has 12 heteroatoms. The fourth-order valence-corrected chi connectivity index (χ4v) is 7.08. The van der Waals surface area contributed by atoms with Crippen LogP contribution in [-0.2, 0) is 27.2 Å². The standard InChI is InChI=1S/C38H38Cl2FN3O6/c1-47-32-12-11-26(17-34(32)48-2)33(18-28-29(39)20-42-21-30(28)40)49-37(45)25-9-7-23(8-10-25)19-43-36(27-5-3-4-6-31(27)41)38(46)50-35-22-44-15-13-24(35)14-16-44/h3-12,17,20-21,24,33,35-36,43H,13-16,18-19,22H2,1-2H3/t33-,35-,36?/m0/s1. The molecular weight excluding hydrogens is 684 g/mol. The molecule has 50 heavy (non-hydrogen) atoms. The fourth-order valence-electron chi connectivity index (χ4n) is 6.57. The maximum atomic E-state index is 14.9. The van der Waals surface area contributed by atoms with E-state index in [0.717, 1.165) is 31.5 Å². The van der Waals surface area contributed by atoms with E-state index in [1.165, 1.54) is 32.7 Å². The monoisotopic (exact) mass is 721 g/mol. The highest BCUT2D eigenvalue weighted by atomic mass is 35.5. The number of pyridine rings is 1. The number of aromatic nitrogens is 1. The quantitative estimate of drug-likeness (QED) is 0.144. The molecule has 1 N–H and O–H groups in total. The molecule has 3 saturated heterocycles. The van der Waals surface area contributed by atoms with Crippen molar-refractivity contribution >= 4 is 35.1 Å². The van der Waals surface area contributed by atoms with Gasteiger partial charge in [-0.2, -0.15) is 0 Å². The summed E-state index contributed by atoms with van der Waals surface area (Å²) in [5.41, 5.74) is 2.51. The Hall–Kier alpha value is -4.22. The van der Waals surface area contributed by atoms with Crippen LogP contribution >= 0.6 is 23.2 Å². The Morgan fingerprint density at radius 3 is 2.30 bits per heavy atom. The molecule has 0 saturated carbocycles. The maximum absolute atomic E-state index is 14.9. The average Bonchev–Trinajstić information content (AvgIpc) is 3.14. The molecule has 0 spiro atoms. The molecule has 3 aliphatic rings. The van der Waals surface area contributed by atoms with E-state index in [1.54, 1.807) is 60.7 Å². The van der Waals surface area contributed by atoms with Crippen LogP contribution in [0, 0.1) is 11.7 Å². The van der Waals surface area contributed by atoms with E-state index in [4.69, 9.17) is 42.1 Å². The molecule has 0 amide bonds. The minimum absolute atomic E-state index is 0.177. The van der Waals surface area contributed by atoms with Gasteiger partial charge in [0.1, 0.15) is 24.1 Å². The number of carbonyl (C=O) groups is 2. The summed E-state index contributed by atoms with van der Waals surface area (Å²) in [5, 5.41) is 3.88. The third-order valence-corrected chi connectivity index (χ3v) is 10.0. The zero-order chi connectivity index (χ0) is 35.2. The largest absolute Gasteiger partial charge is 0.493 e. The van der Waals surface area contributed by atoms with Crippen LogP contribution in [0.4, 0.5) is 4.39 Å². The molecule has 3 aromatic carbocycles. The van der Waals surface area contributed by atoms with Gasteiger partial charge in [-0.3, -0.25) is 15.2 Å². The molecule has 3 aliphatic heterocycles. The lowest BCUT2D eigenvalue weighted by Crippen LogP contribution is -2.52. The number of fused-ring (bicyclic) bond motifs is 3. The van der Waals surface area contributed by atoms with Gasteiger partial charge in [0.2, 0.25) is 0 Å². The third-order valence-electron chi connectivity index (χ3n) is 9.39. The number of hydrogen-bond acceptors (Lipinski definition) is 9. The van der Waals surface area contributed by atoms with Gasteiger partial charge in [0.05, 0.1) is 29.8 Å². The summed E-state index contributed by atoms with van der Waals surface area (Å²) in [5.74, 6) is -0.262. The topological polar surface area (TPSA) is 99.2 Å². The number of benzene rings is 3. The van der Waals surface area contributed by atoms with Gasteiger partial charge in [-0.25, -0.2) is 14.0 Å². The van der Waals surface area contributed by atoms with Crippen LogP contribution in [0.3, 0.4) is 0 Å². The Balaban J connectivity index is 1.16. The van der Waals surface area contributed by atoms with Gasteiger partial charge < -0.3 is 18.9 Å². The van der Waals surface area contributed by atoms with Crippen molar-refractivity contribution in [2.75, 3.05) is 33.9 Å². The van der Waals surface area contributed by atoms with Gasteiger partial charge in [0.15, 0.2) is 11.5 Å². The van der Waals surface area contributed by atoms with Crippen molar-refractivity contribution in [3.05, 3.63) is 123 Å². The molecule has 4 aromatic rings. The maximum Gasteiger partial charge on any atom is 0.338 e. The van der Waals surface area contributed by atoms with Crippen LogP contribution in [0.15, 0.2) is 79.1 Å². The minimum atomic E-state index is -1.01. The van der Waals surface area contributed by atoms with E-state index in [0.29, 0.717) is 50.7 Å². The number of rotatable bonds is 13. The number of nitrogens with zero attached hydrogens (tertiary/aromatic N) is 2. The molecule has 9 nitrogen and oxygen atoms in total. The predicted molar refractivity (Wildman–Crippen MR) is 187 cm³/mol. The van der Waals surface area contributed by atoms with E-state index in [1.807, 2.05) is 0 Å². The average molecular weight is 723 g/mol. The molecule has 1 aromatic heterocycles. The van der Waals surface area contributed by atoms with Crippen molar-refractivity contribution < 1.29 is 32.9 Å². The van der Waals surface area contributed by atoms with Gasteiger partial charge in [-0.1, -0.05) is 59.6 Å². The normalized spacial score (nSPS) is 19.3. The second-order valence-electron chi connectivity index (χ2n) is 12.4. The molecule has 3 fully saturated rings. The second-order valence-corrected chi connectivity index (χ2v) is 13.3. The molecule has 7 rings (SSSR count). The molecule has 0 aliphatic carbocycles. The first-order chi connectivity index (χ1) is 24.2. The molecule has 1 unspecified atom stereocenters. The fraction of sp³-hybridized carbons (Fsp3) is 0.342. The summed E-state index contributed by atoms with van der Waals surface area (Å²) in [6.45, 7) is 2.95. The second kappa shape index (κ2) is 16.2. The molecule has 3 atom stereocenters. The number of piperidine rings is 3. The highest BCUT2D eigenvalue weighted by Gasteiger charge is 2.38. The van der Waals surface area contributed by atoms with Crippen molar-refractivity contribution in [2.45, 2.75) is 44.1 Å². The third kappa shape index (κ3) is 8.21. The van der Waals surface area contributed by atoms with Gasteiger partial charge in [-0.05, 0) is 78.9 Å². The highest BCUT2D eigenvalue weighted by molar-refractivity contribution is 6.35. The predicted octanol–water partition coefficient (Wildman–Crippen LogP) is 7.15. The number of hydrogen-bond donors (Lipinski definition) is 1. The number of halogens is 3. The molecule has 0 radical (unpaired) electrons. The Kier molecular flexibility index (Phi) is 11.5. The number of nitrogens with one attached hydrogen (secondary N) is 1. The first-order valence-corrected chi connectivity index (χ1v) is 17.2. The van der Waals surface area contributed by atoms with Gasteiger partial charge in [0.25, 0.3) is 0 Å². The summed E-state index contributed by atoms with van der Waals surface area (Å²) >= 11 is 12.9. The van der Waals surface area contributed by atoms with Crippen LogP contribution in [-0.4, -0.2) is 61.8 Å². The Morgan fingerprint density at radius 1 is 0.960 bits per heavy atom. The number of methoxy groups -OCH3 is 2. The SMILES string of the molecule is COc1ccc([C@H](Cc2c(Cl)cncc2Cl)OC(=O)c2ccc(CNC(C(=O)O[C@H]3CN4CCC3CC4)c3ccccc3F)cc2)cc1OC. The summed E-state index contributed by atoms with van der Waals surface area (Å²) in [7, 11) is 3.06. The lowest BCUT2D eigenvalue weighted by atomic mass is 9.86. The van der Waals surface area contributed by atoms with Gasteiger partial charge in [-0.15, -0.1) is 0 Å². The van der Waals surface area contributed by atoms with Gasteiger partial charge in [0, 0.05) is 37.5 Å². The van der Waals surface area contributed by atoms with Crippen LogP contribution in [0.1, 0.15) is 57.6 Å². The van der Waals surface area contributed by atoms with E-state index in [2.05, 4.69) is 15.2 Å². The van der Waals surface area contributed by atoms with Crippen LogP contribution < -0.4 is 14.8 Å². The van der Waals surface area contributed by atoms with E-state index in [9.17, 15) is 14.0 Å². The number of ether oxygens (including phenoxy) is 4. The van der Waals surface area contributed by atoms with Crippen molar-refractivity contribution in [2.24, 2.45) is 5.92 Å². The number of esters is 2. The Labute approximate surface area is 300 Å².